The van der Waals surface area contributed by atoms with Crippen LogP contribution in [0.25, 0.3) is 0 Å². The standard InChI is InChI=1S/C18H30/c1-15-7-5-9-17(2,13-15)16-8-6-12-18(14-16)10-3-4-11-18/h5,9,15-16H,3-4,6-8,10-14H2,1-2H3. The maximum absolute atomic E-state index is 2.59. The van der Waals surface area contributed by atoms with Gasteiger partial charge in [-0.05, 0) is 67.6 Å². The normalized spacial score (nSPS) is 43.4. The van der Waals surface area contributed by atoms with Crippen molar-refractivity contribution >= 4 is 0 Å². The van der Waals surface area contributed by atoms with Crippen molar-refractivity contribution in [3.8, 4) is 0 Å². The average Bonchev–Trinajstić information content (AvgIpc) is 2.77. The molecule has 0 aliphatic heterocycles. The third-order valence-corrected chi connectivity index (χ3v) is 6.36. The van der Waals surface area contributed by atoms with E-state index in [0.29, 0.717) is 5.41 Å². The van der Waals surface area contributed by atoms with Crippen molar-refractivity contribution in [1.82, 2.24) is 0 Å². The Morgan fingerprint density at radius 2 is 1.72 bits per heavy atom. The second-order valence-corrected chi connectivity index (χ2v) is 7.95. The molecule has 2 fully saturated rings. The van der Waals surface area contributed by atoms with E-state index in [1.807, 2.05) is 0 Å². The lowest BCUT2D eigenvalue weighted by Crippen LogP contribution is -2.37. The van der Waals surface area contributed by atoms with E-state index in [0.717, 1.165) is 17.3 Å². The molecule has 0 nitrogen and oxygen atoms in total. The summed E-state index contributed by atoms with van der Waals surface area (Å²) in [6.07, 6.45) is 20.0. The average molecular weight is 246 g/mol. The zero-order valence-electron chi connectivity index (χ0n) is 12.4. The van der Waals surface area contributed by atoms with Crippen LogP contribution < -0.4 is 0 Å². The molecule has 0 radical (unpaired) electrons. The Balaban J connectivity index is 1.75. The lowest BCUT2D eigenvalue weighted by molar-refractivity contribution is 0.0643. The Labute approximate surface area is 113 Å². The number of rotatable bonds is 1. The molecule has 3 aliphatic rings. The fourth-order valence-electron chi connectivity index (χ4n) is 5.37. The molecule has 0 aromatic carbocycles. The minimum absolute atomic E-state index is 0.522. The molecule has 1 spiro atoms. The highest BCUT2D eigenvalue weighted by atomic mass is 14.5. The van der Waals surface area contributed by atoms with E-state index in [-0.39, 0.29) is 0 Å². The maximum Gasteiger partial charge on any atom is -0.0115 e. The van der Waals surface area contributed by atoms with Gasteiger partial charge in [0.15, 0.2) is 0 Å². The molecule has 0 heteroatoms. The highest BCUT2D eigenvalue weighted by molar-refractivity contribution is 5.08. The third-order valence-electron chi connectivity index (χ3n) is 6.36. The summed E-state index contributed by atoms with van der Waals surface area (Å²) in [5.41, 5.74) is 1.30. The Kier molecular flexibility index (Phi) is 3.32. The molecule has 0 aromatic heterocycles. The zero-order valence-corrected chi connectivity index (χ0v) is 12.4. The summed E-state index contributed by atoms with van der Waals surface area (Å²) in [7, 11) is 0. The first-order chi connectivity index (χ1) is 8.62. The largest absolute Gasteiger partial charge is 0.0877 e. The summed E-state index contributed by atoms with van der Waals surface area (Å²) in [6.45, 7) is 4.99. The first-order valence-electron chi connectivity index (χ1n) is 8.30. The second-order valence-electron chi connectivity index (χ2n) is 7.95. The quantitative estimate of drug-likeness (QED) is 0.518. The lowest BCUT2D eigenvalue weighted by Gasteiger charge is -2.47. The van der Waals surface area contributed by atoms with Gasteiger partial charge in [0.1, 0.15) is 0 Å². The van der Waals surface area contributed by atoms with Crippen molar-refractivity contribution in [2.75, 3.05) is 0 Å². The van der Waals surface area contributed by atoms with E-state index in [2.05, 4.69) is 26.0 Å². The van der Waals surface area contributed by atoms with Crippen molar-refractivity contribution in [3.63, 3.8) is 0 Å². The summed E-state index contributed by atoms with van der Waals surface area (Å²) in [5.74, 6) is 1.88. The molecule has 0 saturated heterocycles. The summed E-state index contributed by atoms with van der Waals surface area (Å²) < 4.78 is 0. The van der Waals surface area contributed by atoms with Gasteiger partial charge < -0.3 is 0 Å². The SMILES string of the molecule is CC1CC=CC(C)(C2CCCC3(CCCC3)C2)C1. The molecule has 2 saturated carbocycles. The number of hydrogen-bond donors (Lipinski definition) is 0. The minimum atomic E-state index is 0.522. The molecule has 0 aromatic rings. The van der Waals surface area contributed by atoms with E-state index in [9.17, 15) is 0 Å². The molecule has 3 atom stereocenters. The molecule has 18 heavy (non-hydrogen) atoms. The van der Waals surface area contributed by atoms with Crippen LogP contribution in [0, 0.1) is 22.7 Å². The van der Waals surface area contributed by atoms with Gasteiger partial charge in [0.05, 0.1) is 0 Å². The number of hydrogen-bond acceptors (Lipinski definition) is 0. The van der Waals surface area contributed by atoms with E-state index < -0.39 is 0 Å². The molecular formula is C18H30. The molecule has 0 N–H and O–H groups in total. The number of allylic oxidation sites excluding steroid dienone is 2. The van der Waals surface area contributed by atoms with E-state index in [1.165, 1.54) is 38.5 Å². The summed E-state index contributed by atoms with van der Waals surface area (Å²) in [6, 6.07) is 0. The van der Waals surface area contributed by atoms with Crippen LogP contribution in [0.1, 0.15) is 78.1 Å². The summed E-state index contributed by atoms with van der Waals surface area (Å²) >= 11 is 0. The highest BCUT2D eigenvalue weighted by Crippen LogP contribution is 2.56. The zero-order chi connectivity index (χ0) is 12.6. The van der Waals surface area contributed by atoms with Gasteiger partial charge >= 0.3 is 0 Å². The monoisotopic (exact) mass is 246 g/mol. The Hall–Kier alpha value is -0.260. The van der Waals surface area contributed by atoms with Gasteiger partial charge in [-0.25, -0.2) is 0 Å². The van der Waals surface area contributed by atoms with Crippen molar-refractivity contribution in [2.24, 2.45) is 22.7 Å². The molecule has 3 rings (SSSR count). The molecule has 0 heterocycles. The van der Waals surface area contributed by atoms with E-state index in [1.54, 1.807) is 25.7 Å². The summed E-state index contributed by atoms with van der Waals surface area (Å²) in [4.78, 5) is 0. The van der Waals surface area contributed by atoms with Crippen LogP contribution in [-0.4, -0.2) is 0 Å². The van der Waals surface area contributed by atoms with Crippen molar-refractivity contribution in [3.05, 3.63) is 12.2 Å². The Morgan fingerprint density at radius 1 is 1.00 bits per heavy atom. The lowest BCUT2D eigenvalue weighted by atomic mass is 9.58. The third kappa shape index (κ3) is 2.28. The van der Waals surface area contributed by atoms with Gasteiger partial charge in [0.25, 0.3) is 0 Å². The molecule has 3 unspecified atom stereocenters. The predicted octanol–water partition coefficient (Wildman–Crippen LogP) is 5.73. The smallest absolute Gasteiger partial charge is 0.0115 e. The van der Waals surface area contributed by atoms with Crippen LogP contribution in [0.4, 0.5) is 0 Å². The van der Waals surface area contributed by atoms with Crippen LogP contribution in [-0.2, 0) is 0 Å². The Bertz CT molecular complexity index is 321. The topological polar surface area (TPSA) is 0 Å². The van der Waals surface area contributed by atoms with Crippen LogP contribution in [0.15, 0.2) is 12.2 Å². The van der Waals surface area contributed by atoms with Gasteiger partial charge in [-0.15, -0.1) is 0 Å². The maximum atomic E-state index is 2.59. The van der Waals surface area contributed by atoms with Gasteiger partial charge in [-0.3, -0.25) is 0 Å². The molecular weight excluding hydrogens is 216 g/mol. The first kappa shape index (κ1) is 12.8. The van der Waals surface area contributed by atoms with Gasteiger partial charge in [-0.2, -0.15) is 0 Å². The predicted molar refractivity (Wildman–Crippen MR) is 78.5 cm³/mol. The Morgan fingerprint density at radius 3 is 2.44 bits per heavy atom. The van der Waals surface area contributed by atoms with Gasteiger partial charge in [0, 0.05) is 0 Å². The van der Waals surface area contributed by atoms with Gasteiger partial charge in [-0.1, -0.05) is 45.3 Å². The van der Waals surface area contributed by atoms with Crippen molar-refractivity contribution < 1.29 is 0 Å². The fourth-order valence-corrected chi connectivity index (χ4v) is 5.37. The summed E-state index contributed by atoms with van der Waals surface area (Å²) in [5, 5.41) is 0. The molecule has 0 amide bonds. The first-order valence-corrected chi connectivity index (χ1v) is 8.30. The van der Waals surface area contributed by atoms with Crippen LogP contribution in [0.2, 0.25) is 0 Å². The van der Waals surface area contributed by atoms with Crippen LogP contribution in [0.5, 0.6) is 0 Å². The van der Waals surface area contributed by atoms with Crippen LogP contribution in [0.3, 0.4) is 0 Å². The molecule has 0 bridgehead atoms. The minimum Gasteiger partial charge on any atom is -0.0877 e. The van der Waals surface area contributed by atoms with E-state index in [4.69, 9.17) is 0 Å². The molecule has 3 aliphatic carbocycles. The highest BCUT2D eigenvalue weighted by Gasteiger charge is 2.44. The molecule has 102 valence electrons. The fraction of sp³-hybridized carbons (Fsp3) is 0.889. The van der Waals surface area contributed by atoms with Crippen LogP contribution >= 0.6 is 0 Å². The van der Waals surface area contributed by atoms with E-state index >= 15 is 0 Å². The van der Waals surface area contributed by atoms with Crippen molar-refractivity contribution in [1.29, 1.82) is 0 Å². The van der Waals surface area contributed by atoms with Crippen molar-refractivity contribution in [2.45, 2.75) is 78.1 Å². The second kappa shape index (κ2) is 4.69. The van der Waals surface area contributed by atoms with Gasteiger partial charge in [0.2, 0.25) is 0 Å².